The number of hydrogen-bond donors (Lipinski definition) is 1. The topological polar surface area (TPSA) is 74.4 Å². The Morgan fingerprint density at radius 2 is 2.19 bits per heavy atom. The Labute approximate surface area is 131 Å². The van der Waals surface area contributed by atoms with Crippen LogP contribution in [0.3, 0.4) is 0 Å². The first-order valence-electron chi connectivity index (χ1n) is 6.39. The van der Waals surface area contributed by atoms with E-state index in [-0.39, 0.29) is 12.2 Å². The summed E-state index contributed by atoms with van der Waals surface area (Å²) in [6, 6.07) is 6.89. The number of benzene rings is 1. The third-order valence-corrected chi connectivity index (χ3v) is 3.13. The highest BCUT2D eigenvalue weighted by molar-refractivity contribution is 9.10. The summed E-state index contributed by atoms with van der Waals surface area (Å²) in [7, 11) is 0. The lowest BCUT2D eigenvalue weighted by Crippen LogP contribution is -2.11. The van der Waals surface area contributed by atoms with E-state index in [2.05, 4.69) is 20.9 Å². The number of nitrogens with zero attached hydrogens (tertiary/aromatic N) is 1. The van der Waals surface area contributed by atoms with Crippen LogP contribution in [-0.4, -0.2) is 17.6 Å². The molecule has 0 spiro atoms. The van der Waals surface area contributed by atoms with Gasteiger partial charge in [0.1, 0.15) is 17.9 Å². The van der Waals surface area contributed by atoms with Crippen LogP contribution in [0.25, 0.3) is 0 Å². The lowest BCUT2D eigenvalue weighted by Gasteiger charge is -2.12. The highest BCUT2D eigenvalue weighted by Crippen LogP contribution is 2.25. The SMILES string of the molecule is CCOc1cccc(N)c1C(=O)OCc1cncc(Br)c1. The first-order chi connectivity index (χ1) is 10.1. The Kier molecular flexibility index (Phi) is 5.16. The van der Waals surface area contributed by atoms with Crippen molar-refractivity contribution in [3.8, 4) is 5.75 Å². The number of ether oxygens (including phenoxy) is 2. The van der Waals surface area contributed by atoms with Gasteiger partial charge in [0.2, 0.25) is 0 Å². The van der Waals surface area contributed by atoms with E-state index in [1.165, 1.54) is 0 Å². The van der Waals surface area contributed by atoms with Crippen molar-refractivity contribution in [3.63, 3.8) is 0 Å². The molecule has 0 atom stereocenters. The lowest BCUT2D eigenvalue weighted by atomic mass is 10.1. The Hall–Kier alpha value is -2.08. The third kappa shape index (κ3) is 3.95. The van der Waals surface area contributed by atoms with Crippen molar-refractivity contribution in [3.05, 3.63) is 52.3 Å². The number of pyridine rings is 1. The fraction of sp³-hybridized carbons (Fsp3) is 0.200. The standard InChI is InChI=1S/C15H15BrN2O3/c1-2-20-13-5-3-4-12(17)14(13)15(19)21-9-10-6-11(16)8-18-7-10/h3-8H,2,9,17H2,1H3. The Balaban J connectivity index is 2.13. The molecule has 0 radical (unpaired) electrons. The van der Waals surface area contributed by atoms with Gasteiger partial charge in [-0.05, 0) is 41.1 Å². The average Bonchev–Trinajstić information content (AvgIpc) is 2.45. The number of carbonyl (C=O) groups excluding carboxylic acids is 1. The van der Waals surface area contributed by atoms with Crippen molar-refractivity contribution in [2.45, 2.75) is 13.5 Å². The molecule has 2 aromatic rings. The fourth-order valence-corrected chi connectivity index (χ4v) is 2.21. The van der Waals surface area contributed by atoms with E-state index in [1.807, 2.05) is 13.0 Å². The molecule has 0 aliphatic heterocycles. The number of hydrogen-bond acceptors (Lipinski definition) is 5. The van der Waals surface area contributed by atoms with Crippen LogP contribution in [-0.2, 0) is 11.3 Å². The van der Waals surface area contributed by atoms with Crippen molar-refractivity contribution in [1.29, 1.82) is 0 Å². The van der Waals surface area contributed by atoms with Crippen molar-refractivity contribution in [2.75, 3.05) is 12.3 Å². The second-order valence-electron chi connectivity index (χ2n) is 4.24. The van der Waals surface area contributed by atoms with E-state index in [4.69, 9.17) is 15.2 Å². The van der Waals surface area contributed by atoms with Gasteiger partial charge in [0.25, 0.3) is 0 Å². The molecular formula is C15H15BrN2O3. The number of nitrogens with two attached hydrogens (primary N) is 1. The minimum absolute atomic E-state index is 0.116. The van der Waals surface area contributed by atoms with Crippen molar-refractivity contribution < 1.29 is 14.3 Å². The molecule has 0 aliphatic carbocycles. The first-order valence-corrected chi connectivity index (χ1v) is 7.19. The van der Waals surface area contributed by atoms with Crippen LogP contribution >= 0.6 is 15.9 Å². The summed E-state index contributed by atoms with van der Waals surface area (Å²) >= 11 is 3.31. The van der Waals surface area contributed by atoms with Crippen LogP contribution in [0, 0.1) is 0 Å². The fourth-order valence-electron chi connectivity index (χ4n) is 1.80. The molecule has 5 nitrogen and oxygen atoms in total. The summed E-state index contributed by atoms with van der Waals surface area (Å²) in [5, 5.41) is 0. The van der Waals surface area contributed by atoms with Gasteiger partial charge < -0.3 is 15.2 Å². The van der Waals surface area contributed by atoms with Gasteiger partial charge >= 0.3 is 5.97 Å². The van der Waals surface area contributed by atoms with Gasteiger partial charge in [-0.1, -0.05) is 6.07 Å². The van der Waals surface area contributed by atoms with Crippen molar-refractivity contribution >= 4 is 27.6 Å². The number of esters is 1. The van der Waals surface area contributed by atoms with E-state index in [0.717, 1.165) is 10.0 Å². The zero-order valence-corrected chi connectivity index (χ0v) is 13.1. The first kappa shape index (κ1) is 15.3. The van der Waals surface area contributed by atoms with Crippen LogP contribution in [0.1, 0.15) is 22.8 Å². The molecule has 110 valence electrons. The normalized spacial score (nSPS) is 10.2. The van der Waals surface area contributed by atoms with E-state index >= 15 is 0 Å². The van der Waals surface area contributed by atoms with Gasteiger partial charge in [-0.2, -0.15) is 0 Å². The summed E-state index contributed by atoms with van der Waals surface area (Å²) in [6.45, 7) is 2.40. The summed E-state index contributed by atoms with van der Waals surface area (Å²) < 4.78 is 11.5. The average molecular weight is 351 g/mol. The van der Waals surface area contributed by atoms with Crippen LogP contribution in [0.5, 0.6) is 5.75 Å². The molecule has 0 amide bonds. The van der Waals surface area contributed by atoms with Gasteiger partial charge in [0.05, 0.1) is 6.61 Å². The third-order valence-electron chi connectivity index (χ3n) is 2.69. The van der Waals surface area contributed by atoms with Gasteiger partial charge in [-0.25, -0.2) is 4.79 Å². The molecule has 0 aliphatic rings. The second-order valence-corrected chi connectivity index (χ2v) is 5.16. The largest absolute Gasteiger partial charge is 0.493 e. The van der Waals surface area contributed by atoms with E-state index in [0.29, 0.717) is 18.0 Å². The number of aromatic nitrogens is 1. The maximum absolute atomic E-state index is 12.2. The molecule has 1 heterocycles. The van der Waals surface area contributed by atoms with E-state index in [1.54, 1.807) is 30.6 Å². The van der Waals surface area contributed by atoms with E-state index in [9.17, 15) is 4.79 Å². The van der Waals surface area contributed by atoms with Crippen molar-refractivity contribution in [1.82, 2.24) is 4.98 Å². The van der Waals surface area contributed by atoms with E-state index < -0.39 is 5.97 Å². The van der Waals surface area contributed by atoms with Crippen LogP contribution in [0.15, 0.2) is 41.1 Å². The van der Waals surface area contributed by atoms with Gasteiger partial charge in [-0.15, -0.1) is 0 Å². The Bertz CT molecular complexity index is 647. The molecule has 2 N–H and O–H groups in total. The molecule has 1 aromatic carbocycles. The summed E-state index contributed by atoms with van der Waals surface area (Å²) in [6.07, 6.45) is 3.30. The number of carbonyl (C=O) groups is 1. The molecule has 0 saturated heterocycles. The van der Waals surface area contributed by atoms with Crippen LogP contribution in [0.2, 0.25) is 0 Å². The van der Waals surface area contributed by atoms with Crippen molar-refractivity contribution in [2.24, 2.45) is 0 Å². The van der Waals surface area contributed by atoms with Crippen LogP contribution < -0.4 is 10.5 Å². The van der Waals surface area contributed by atoms with Gasteiger partial charge in [0.15, 0.2) is 0 Å². The Morgan fingerprint density at radius 3 is 2.90 bits per heavy atom. The number of anilines is 1. The molecule has 0 fully saturated rings. The monoisotopic (exact) mass is 350 g/mol. The quantitative estimate of drug-likeness (QED) is 0.662. The zero-order chi connectivity index (χ0) is 15.2. The summed E-state index contributed by atoms with van der Waals surface area (Å²) in [4.78, 5) is 16.2. The smallest absolute Gasteiger partial charge is 0.344 e. The van der Waals surface area contributed by atoms with Crippen LogP contribution in [0.4, 0.5) is 5.69 Å². The molecule has 6 heteroatoms. The molecule has 21 heavy (non-hydrogen) atoms. The molecule has 1 aromatic heterocycles. The minimum atomic E-state index is -0.517. The summed E-state index contributed by atoms with van der Waals surface area (Å²) in [5.74, 6) is -0.0913. The predicted octanol–water partition coefficient (Wildman–Crippen LogP) is 3.18. The molecule has 0 bridgehead atoms. The Morgan fingerprint density at radius 1 is 1.38 bits per heavy atom. The number of halogens is 1. The summed E-state index contributed by atoms with van der Waals surface area (Å²) in [5.41, 5.74) is 7.21. The number of nitrogen functional groups attached to an aromatic ring is 1. The second kappa shape index (κ2) is 7.08. The minimum Gasteiger partial charge on any atom is -0.493 e. The predicted molar refractivity (Wildman–Crippen MR) is 83.1 cm³/mol. The molecular weight excluding hydrogens is 336 g/mol. The zero-order valence-electron chi connectivity index (χ0n) is 11.5. The molecule has 2 rings (SSSR count). The number of rotatable bonds is 5. The lowest BCUT2D eigenvalue weighted by molar-refractivity contribution is 0.0469. The maximum atomic E-state index is 12.2. The highest BCUT2D eigenvalue weighted by Gasteiger charge is 2.17. The maximum Gasteiger partial charge on any atom is 0.344 e. The highest BCUT2D eigenvalue weighted by atomic mass is 79.9. The molecule has 0 saturated carbocycles. The molecule has 0 unspecified atom stereocenters. The van der Waals surface area contributed by atoms with Gasteiger partial charge in [-0.3, -0.25) is 4.98 Å². The van der Waals surface area contributed by atoms with Gasteiger partial charge in [0, 0.05) is 28.1 Å².